The first kappa shape index (κ1) is 16.0. The first-order valence-electron chi connectivity index (χ1n) is 7.24. The van der Waals surface area contributed by atoms with Crippen LogP contribution < -0.4 is 5.32 Å². The second kappa shape index (κ2) is 7.06. The highest BCUT2D eigenvalue weighted by atomic mass is 35.5. The van der Waals surface area contributed by atoms with Crippen LogP contribution in [0, 0.1) is 11.7 Å². The molecule has 2 aromatic rings. The van der Waals surface area contributed by atoms with Crippen LogP contribution in [0.2, 0.25) is 5.02 Å². The van der Waals surface area contributed by atoms with Gasteiger partial charge < -0.3 is 5.32 Å². The molecule has 0 spiro atoms. The van der Waals surface area contributed by atoms with Crippen LogP contribution in [0.1, 0.15) is 44.0 Å². The molecule has 0 amide bonds. The summed E-state index contributed by atoms with van der Waals surface area (Å²) in [5, 5.41) is 4.35. The second-order valence-corrected chi connectivity index (χ2v) is 6.15. The molecule has 0 radical (unpaired) electrons. The molecule has 0 heterocycles. The molecule has 0 aliphatic rings. The maximum Gasteiger partial charge on any atom is 0.123 e. The number of hydrogen-bond acceptors (Lipinski definition) is 1. The SMILES string of the molecule is CC(NC(c1ccc(F)cc1)C(C)C)c1cccc(Cl)c1. The van der Waals surface area contributed by atoms with Gasteiger partial charge in [0.15, 0.2) is 0 Å². The Morgan fingerprint density at radius 3 is 2.19 bits per heavy atom. The van der Waals surface area contributed by atoms with Gasteiger partial charge in [-0.2, -0.15) is 0 Å². The van der Waals surface area contributed by atoms with Crippen LogP contribution in [0.3, 0.4) is 0 Å². The van der Waals surface area contributed by atoms with Crippen molar-refractivity contribution in [1.82, 2.24) is 5.32 Å². The molecule has 3 heteroatoms. The van der Waals surface area contributed by atoms with Crippen molar-refractivity contribution in [3.8, 4) is 0 Å². The number of halogens is 2. The Bertz CT molecular complexity index is 580. The summed E-state index contributed by atoms with van der Waals surface area (Å²) in [4.78, 5) is 0. The van der Waals surface area contributed by atoms with Crippen LogP contribution in [-0.4, -0.2) is 0 Å². The third-order valence-electron chi connectivity index (χ3n) is 3.67. The van der Waals surface area contributed by atoms with E-state index in [9.17, 15) is 4.39 Å². The van der Waals surface area contributed by atoms with Gasteiger partial charge in [0.2, 0.25) is 0 Å². The summed E-state index contributed by atoms with van der Waals surface area (Å²) in [6.45, 7) is 6.43. The van der Waals surface area contributed by atoms with Crippen molar-refractivity contribution in [2.75, 3.05) is 0 Å². The third kappa shape index (κ3) is 4.29. The van der Waals surface area contributed by atoms with Gasteiger partial charge in [-0.25, -0.2) is 4.39 Å². The highest BCUT2D eigenvalue weighted by Crippen LogP contribution is 2.26. The predicted octanol–water partition coefficient (Wildman–Crippen LogP) is 5.53. The van der Waals surface area contributed by atoms with Crippen molar-refractivity contribution in [3.05, 3.63) is 70.5 Å². The summed E-state index contributed by atoms with van der Waals surface area (Å²) < 4.78 is 13.1. The van der Waals surface area contributed by atoms with Crippen molar-refractivity contribution in [3.63, 3.8) is 0 Å². The highest BCUT2D eigenvalue weighted by Gasteiger charge is 2.18. The van der Waals surface area contributed by atoms with Gasteiger partial charge in [0, 0.05) is 17.1 Å². The zero-order valence-electron chi connectivity index (χ0n) is 12.6. The van der Waals surface area contributed by atoms with Crippen molar-refractivity contribution < 1.29 is 4.39 Å². The van der Waals surface area contributed by atoms with E-state index in [-0.39, 0.29) is 17.9 Å². The summed E-state index contributed by atoms with van der Waals surface area (Å²) in [5.74, 6) is 0.196. The van der Waals surface area contributed by atoms with Gasteiger partial charge in [0.25, 0.3) is 0 Å². The lowest BCUT2D eigenvalue weighted by molar-refractivity contribution is 0.374. The molecule has 0 saturated heterocycles. The van der Waals surface area contributed by atoms with E-state index < -0.39 is 0 Å². The van der Waals surface area contributed by atoms with Gasteiger partial charge in [-0.3, -0.25) is 0 Å². The minimum Gasteiger partial charge on any atom is -0.303 e. The molecule has 0 saturated carbocycles. The van der Waals surface area contributed by atoms with Crippen LogP contribution in [0.15, 0.2) is 48.5 Å². The van der Waals surface area contributed by atoms with E-state index in [1.807, 2.05) is 30.3 Å². The average Bonchev–Trinajstić information content (AvgIpc) is 2.45. The largest absolute Gasteiger partial charge is 0.303 e. The number of nitrogens with one attached hydrogen (secondary N) is 1. The number of benzene rings is 2. The lowest BCUT2D eigenvalue weighted by Crippen LogP contribution is -2.28. The van der Waals surface area contributed by atoms with Crippen molar-refractivity contribution in [2.24, 2.45) is 5.92 Å². The summed E-state index contributed by atoms with van der Waals surface area (Å²) in [6, 6.07) is 14.9. The second-order valence-electron chi connectivity index (χ2n) is 5.72. The molecule has 2 unspecified atom stereocenters. The summed E-state index contributed by atoms with van der Waals surface area (Å²) in [6.07, 6.45) is 0. The van der Waals surface area contributed by atoms with E-state index >= 15 is 0 Å². The van der Waals surface area contributed by atoms with Crippen molar-refractivity contribution in [1.29, 1.82) is 0 Å². The predicted molar refractivity (Wildman–Crippen MR) is 87.0 cm³/mol. The number of rotatable bonds is 5. The Hall–Kier alpha value is -1.38. The zero-order chi connectivity index (χ0) is 15.4. The fourth-order valence-corrected chi connectivity index (χ4v) is 2.68. The maximum absolute atomic E-state index is 13.1. The van der Waals surface area contributed by atoms with Crippen LogP contribution in [-0.2, 0) is 0 Å². The fraction of sp³-hybridized carbons (Fsp3) is 0.333. The molecule has 1 nitrogen and oxygen atoms in total. The van der Waals surface area contributed by atoms with Crippen LogP contribution in [0.4, 0.5) is 4.39 Å². The van der Waals surface area contributed by atoms with Crippen molar-refractivity contribution >= 4 is 11.6 Å². The Morgan fingerprint density at radius 2 is 1.62 bits per heavy atom. The molecular formula is C18H21ClFN. The van der Waals surface area contributed by atoms with Gasteiger partial charge in [-0.15, -0.1) is 0 Å². The Morgan fingerprint density at radius 1 is 0.952 bits per heavy atom. The highest BCUT2D eigenvalue weighted by molar-refractivity contribution is 6.30. The van der Waals surface area contributed by atoms with Gasteiger partial charge in [0.1, 0.15) is 5.82 Å². The molecule has 0 aliphatic carbocycles. The molecule has 2 atom stereocenters. The molecule has 0 fully saturated rings. The first-order chi connectivity index (χ1) is 9.97. The van der Waals surface area contributed by atoms with Crippen LogP contribution in [0.25, 0.3) is 0 Å². The summed E-state index contributed by atoms with van der Waals surface area (Å²) >= 11 is 6.05. The minimum absolute atomic E-state index is 0.166. The van der Waals surface area contributed by atoms with E-state index in [0.29, 0.717) is 5.92 Å². The molecule has 0 aromatic heterocycles. The average molecular weight is 306 g/mol. The minimum atomic E-state index is -0.204. The van der Waals surface area contributed by atoms with Crippen LogP contribution in [0.5, 0.6) is 0 Å². The van der Waals surface area contributed by atoms with Gasteiger partial charge in [-0.05, 0) is 48.2 Å². The maximum atomic E-state index is 13.1. The standard InChI is InChI=1S/C18H21ClFN/c1-12(2)18(14-7-9-17(20)10-8-14)21-13(3)15-5-4-6-16(19)11-15/h4-13,18,21H,1-3H3. The Labute approximate surface area is 131 Å². The smallest absolute Gasteiger partial charge is 0.123 e. The third-order valence-corrected chi connectivity index (χ3v) is 3.91. The molecular weight excluding hydrogens is 285 g/mol. The molecule has 0 aliphatic heterocycles. The van der Waals surface area contributed by atoms with Crippen LogP contribution >= 0.6 is 11.6 Å². The lowest BCUT2D eigenvalue weighted by Gasteiger charge is -2.27. The lowest BCUT2D eigenvalue weighted by atomic mass is 9.94. The molecule has 2 aromatic carbocycles. The monoisotopic (exact) mass is 305 g/mol. The fourth-order valence-electron chi connectivity index (χ4n) is 2.49. The number of hydrogen-bond donors (Lipinski definition) is 1. The van der Waals surface area contributed by atoms with Crippen molar-refractivity contribution in [2.45, 2.75) is 32.9 Å². The van der Waals surface area contributed by atoms with Gasteiger partial charge >= 0.3 is 0 Å². The molecule has 2 rings (SSSR count). The Kier molecular flexibility index (Phi) is 5.38. The molecule has 112 valence electrons. The normalized spacial score (nSPS) is 14.2. The summed E-state index contributed by atoms with van der Waals surface area (Å²) in [5.41, 5.74) is 2.25. The first-order valence-corrected chi connectivity index (χ1v) is 7.62. The van der Waals surface area contributed by atoms with E-state index in [1.165, 1.54) is 12.1 Å². The summed E-state index contributed by atoms with van der Waals surface area (Å²) in [7, 11) is 0. The quantitative estimate of drug-likeness (QED) is 0.766. The van der Waals surface area contributed by atoms with E-state index in [1.54, 1.807) is 0 Å². The van der Waals surface area contributed by atoms with E-state index in [2.05, 4.69) is 32.2 Å². The van der Waals surface area contributed by atoms with Gasteiger partial charge in [-0.1, -0.05) is 49.7 Å². The topological polar surface area (TPSA) is 12.0 Å². The van der Waals surface area contributed by atoms with E-state index in [0.717, 1.165) is 16.1 Å². The molecule has 0 bridgehead atoms. The zero-order valence-corrected chi connectivity index (χ0v) is 13.4. The molecule has 21 heavy (non-hydrogen) atoms. The molecule has 1 N–H and O–H groups in total. The van der Waals surface area contributed by atoms with Gasteiger partial charge in [0.05, 0.1) is 0 Å². The van der Waals surface area contributed by atoms with E-state index in [4.69, 9.17) is 11.6 Å². The Balaban J connectivity index is 2.18.